The quantitative estimate of drug-likeness (QED) is 0.885. The molecule has 0 bridgehead atoms. The van der Waals surface area contributed by atoms with E-state index in [1.807, 2.05) is 0 Å². The van der Waals surface area contributed by atoms with Crippen molar-refractivity contribution in [2.75, 3.05) is 0 Å². The first-order valence-electron chi connectivity index (χ1n) is 5.12. The Balaban J connectivity index is 2.38. The van der Waals surface area contributed by atoms with Crippen LogP contribution in [0.25, 0.3) is 0 Å². The van der Waals surface area contributed by atoms with Crippen LogP contribution in [0.15, 0.2) is 50.7 Å². The highest BCUT2D eigenvalue weighted by atomic mass is 79.9. The third-order valence-electron chi connectivity index (χ3n) is 2.24. The van der Waals surface area contributed by atoms with E-state index >= 15 is 0 Å². The molecule has 0 saturated carbocycles. The lowest BCUT2D eigenvalue weighted by Gasteiger charge is -2.05. The second-order valence-corrected chi connectivity index (χ2v) is 5.69. The van der Waals surface area contributed by atoms with E-state index in [-0.39, 0.29) is 10.5 Å². The molecule has 2 aromatic rings. The number of rotatable bonds is 3. The Kier molecular flexibility index (Phi) is 4.21. The van der Waals surface area contributed by atoms with E-state index in [1.54, 1.807) is 6.07 Å². The molecule has 0 aliphatic heterocycles. The van der Waals surface area contributed by atoms with Gasteiger partial charge in [-0.1, -0.05) is 27.7 Å². The normalized spacial score (nSPS) is 10.5. The maximum atomic E-state index is 13.5. The maximum Gasteiger partial charge on any atom is 0.335 e. The van der Waals surface area contributed by atoms with Crippen LogP contribution in [0, 0.1) is 11.6 Å². The average molecular weight is 345 g/mol. The first kappa shape index (κ1) is 14.0. The summed E-state index contributed by atoms with van der Waals surface area (Å²) in [4.78, 5) is 11.5. The van der Waals surface area contributed by atoms with Gasteiger partial charge in [0.05, 0.1) is 10.5 Å². The van der Waals surface area contributed by atoms with E-state index in [0.717, 1.165) is 30.0 Å². The number of hydrogen-bond acceptors (Lipinski definition) is 2. The van der Waals surface area contributed by atoms with Crippen molar-refractivity contribution in [3.63, 3.8) is 0 Å². The number of carboxylic acid groups (broad SMARTS) is 1. The van der Waals surface area contributed by atoms with E-state index in [2.05, 4.69) is 15.9 Å². The van der Waals surface area contributed by atoms with Crippen molar-refractivity contribution in [1.29, 1.82) is 0 Å². The van der Waals surface area contributed by atoms with Crippen molar-refractivity contribution in [1.82, 2.24) is 0 Å². The lowest BCUT2D eigenvalue weighted by molar-refractivity contribution is 0.0696. The minimum Gasteiger partial charge on any atom is -0.478 e. The summed E-state index contributed by atoms with van der Waals surface area (Å²) in [7, 11) is 0. The molecule has 2 nitrogen and oxygen atoms in total. The molecule has 0 radical (unpaired) electrons. The Morgan fingerprint density at radius 1 is 1.16 bits per heavy atom. The van der Waals surface area contributed by atoms with E-state index in [4.69, 9.17) is 5.11 Å². The van der Waals surface area contributed by atoms with Crippen molar-refractivity contribution < 1.29 is 18.7 Å². The minimum atomic E-state index is -1.08. The van der Waals surface area contributed by atoms with Gasteiger partial charge in [0, 0.05) is 9.37 Å². The van der Waals surface area contributed by atoms with E-state index < -0.39 is 17.6 Å². The third-order valence-corrected chi connectivity index (χ3v) is 3.70. The first-order chi connectivity index (χ1) is 8.95. The smallest absolute Gasteiger partial charge is 0.335 e. The average Bonchev–Trinajstić information content (AvgIpc) is 2.33. The number of halogens is 3. The molecular formula is C13H7BrF2O2S. The first-order valence-corrected chi connectivity index (χ1v) is 6.73. The molecule has 0 heterocycles. The molecule has 6 heteroatoms. The van der Waals surface area contributed by atoms with Crippen LogP contribution in [0.1, 0.15) is 10.4 Å². The van der Waals surface area contributed by atoms with Crippen molar-refractivity contribution in [2.24, 2.45) is 0 Å². The summed E-state index contributed by atoms with van der Waals surface area (Å²) < 4.78 is 27.1. The Morgan fingerprint density at radius 3 is 2.58 bits per heavy atom. The SMILES string of the molecule is O=C(O)c1cc(Br)cc(Sc2cc(F)ccc2F)c1. The molecule has 2 rings (SSSR count). The Morgan fingerprint density at radius 2 is 1.89 bits per heavy atom. The molecule has 19 heavy (non-hydrogen) atoms. The van der Waals surface area contributed by atoms with Crippen molar-refractivity contribution in [3.8, 4) is 0 Å². The highest BCUT2D eigenvalue weighted by Crippen LogP contribution is 2.32. The fourth-order valence-electron chi connectivity index (χ4n) is 1.43. The standard InChI is InChI=1S/C13H7BrF2O2S/c14-8-3-7(13(17)18)4-10(5-8)19-12-6-9(15)1-2-11(12)16/h1-6H,(H,17,18). The zero-order valence-corrected chi connectivity index (χ0v) is 11.8. The van der Waals surface area contributed by atoms with Gasteiger partial charge < -0.3 is 5.11 Å². The van der Waals surface area contributed by atoms with Crippen LogP contribution in [0.3, 0.4) is 0 Å². The molecular weight excluding hydrogens is 338 g/mol. The number of aromatic carboxylic acids is 1. The zero-order chi connectivity index (χ0) is 14.0. The molecule has 0 aliphatic carbocycles. The second-order valence-electron chi connectivity index (χ2n) is 3.66. The number of benzene rings is 2. The monoisotopic (exact) mass is 344 g/mol. The predicted molar refractivity (Wildman–Crippen MR) is 71.6 cm³/mol. The molecule has 0 fully saturated rings. The van der Waals surface area contributed by atoms with Gasteiger partial charge in [-0.25, -0.2) is 13.6 Å². The van der Waals surface area contributed by atoms with Gasteiger partial charge in [-0.3, -0.25) is 0 Å². The van der Waals surface area contributed by atoms with Gasteiger partial charge in [0.1, 0.15) is 11.6 Å². The highest BCUT2D eigenvalue weighted by Gasteiger charge is 2.10. The maximum absolute atomic E-state index is 13.5. The van der Waals surface area contributed by atoms with Crippen LogP contribution >= 0.6 is 27.7 Å². The largest absolute Gasteiger partial charge is 0.478 e. The predicted octanol–water partition coefficient (Wildman–Crippen LogP) is 4.58. The fraction of sp³-hybridized carbons (Fsp3) is 0. The van der Waals surface area contributed by atoms with Gasteiger partial charge in [0.2, 0.25) is 0 Å². The van der Waals surface area contributed by atoms with Crippen LogP contribution in [0.2, 0.25) is 0 Å². The highest BCUT2D eigenvalue weighted by molar-refractivity contribution is 9.10. The molecule has 0 amide bonds. The molecule has 0 atom stereocenters. The number of carboxylic acids is 1. The van der Waals surface area contributed by atoms with Crippen molar-refractivity contribution in [2.45, 2.75) is 9.79 Å². The summed E-state index contributed by atoms with van der Waals surface area (Å²) >= 11 is 4.15. The number of hydrogen-bond donors (Lipinski definition) is 1. The van der Waals surface area contributed by atoms with Crippen LogP contribution < -0.4 is 0 Å². The lowest BCUT2D eigenvalue weighted by atomic mass is 10.2. The minimum absolute atomic E-state index is 0.0775. The molecule has 0 aliphatic rings. The van der Waals surface area contributed by atoms with E-state index in [0.29, 0.717) is 9.37 Å². The molecule has 0 aromatic heterocycles. The summed E-state index contributed by atoms with van der Waals surface area (Å²) in [5.74, 6) is -2.18. The van der Waals surface area contributed by atoms with Gasteiger partial charge in [-0.05, 0) is 36.4 Å². The van der Waals surface area contributed by atoms with Crippen LogP contribution in [-0.2, 0) is 0 Å². The Hall–Kier alpha value is -1.40. The van der Waals surface area contributed by atoms with Crippen molar-refractivity contribution >= 4 is 33.7 Å². The van der Waals surface area contributed by atoms with Gasteiger partial charge >= 0.3 is 5.97 Å². The molecule has 2 aromatic carbocycles. The van der Waals surface area contributed by atoms with Crippen molar-refractivity contribution in [3.05, 3.63) is 58.1 Å². The third kappa shape index (κ3) is 3.54. The van der Waals surface area contributed by atoms with E-state index in [9.17, 15) is 13.6 Å². The summed E-state index contributed by atoms with van der Waals surface area (Å²) in [6, 6.07) is 7.62. The lowest BCUT2D eigenvalue weighted by Crippen LogP contribution is -1.96. The van der Waals surface area contributed by atoms with Crippen LogP contribution in [0.5, 0.6) is 0 Å². The summed E-state index contributed by atoms with van der Waals surface area (Å²) in [6.07, 6.45) is 0. The summed E-state index contributed by atoms with van der Waals surface area (Å²) in [5.41, 5.74) is 0.0775. The summed E-state index contributed by atoms with van der Waals surface area (Å²) in [5, 5.41) is 8.93. The molecule has 1 N–H and O–H groups in total. The topological polar surface area (TPSA) is 37.3 Å². The van der Waals surface area contributed by atoms with Gasteiger partial charge in [0.15, 0.2) is 0 Å². The summed E-state index contributed by atoms with van der Waals surface area (Å²) in [6.45, 7) is 0. The molecule has 98 valence electrons. The molecule has 0 saturated heterocycles. The van der Waals surface area contributed by atoms with Crippen LogP contribution in [0.4, 0.5) is 8.78 Å². The van der Waals surface area contributed by atoms with Gasteiger partial charge in [-0.15, -0.1) is 0 Å². The Labute approximate surface area is 120 Å². The van der Waals surface area contributed by atoms with Crippen LogP contribution in [-0.4, -0.2) is 11.1 Å². The van der Waals surface area contributed by atoms with Gasteiger partial charge in [0.25, 0.3) is 0 Å². The zero-order valence-electron chi connectivity index (χ0n) is 9.36. The second kappa shape index (κ2) is 5.71. The van der Waals surface area contributed by atoms with Gasteiger partial charge in [-0.2, -0.15) is 0 Å². The Bertz CT molecular complexity index is 647. The molecule has 0 spiro atoms. The molecule has 0 unspecified atom stereocenters. The number of carbonyl (C=O) groups is 1. The fourth-order valence-corrected chi connectivity index (χ4v) is 3.04. The van der Waals surface area contributed by atoms with E-state index in [1.165, 1.54) is 12.1 Å².